The highest BCUT2D eigenvalue weighted by molar-refractivity contribution is 7.98. The molecule has 20 heavy (non-hydrogen) atoms. The summed E-state index contributed by atoms with van der Waals surface area (Å²) in [6.45, 7) is 5.58. The Labute approximate surface area is 126 Å². The van der Waals surface area contributed by atoms with Crippen molar-refractivity contribution in [2.45, 2.75) is 13.5 Å². The molecule has 0 saturated carbocycles. The number of rotatable bonds is 11. The van der Waals surface area contributed by atoms with Crippen LogP contribution in [0.25, 0.3) is 0 Å². The molecule has 0 fully saturated rings. The van der Waals surface area contributed by atoms with Gasteiger partial charge in [0.15, 0.2) is 11.5 Å². The summed E-state index contributed by atoms with van der Waals surface area (Å²) in [6, 6.07) is 6.02. The molecule has 1 N–H and O–H groups in total. The zero-order valence-electron chi connectivity index (χ0n) is 12.6. The minimum atomic E-state index is 0.638. The van der Waals surface area contributed by atoms with Crippen LogP contribution < -0.4 is 14.8 Å². The zero-order valence-corrected chi connectivity index (χ0v) is 13.4. The van der Waals surface area contributed by atoms with Crippen LogP contribution in [0.2, 0.25) is 0 Å². The second-order valence-electron chi connectivity index (χ2n) is 4.19. The predicted octanol–water partition coefficient (Wildman–Crippen LogP) is 2.56. The summed E-state index contributed by atoms with van der Waals surface area (Å²) in [5.74, 6) is 2.64. The van der Waals surface area contributed by atoms with Crippen LogP contribution in [-0.2, 0) is 11.3 Å². The minimum absolute atomic E-state index is 0.638. The van der Waals surface area contributed by atoms with Gasteiger partial charge < -0.3 is 19.5 Å². The van der Waals surface area contributed by atoms with Crippen molar-refractivity contribution in [3.63, 3.8) is 0 Å². The highest BCUT2D eigenvalue weighted by Crippen LogP contribution is 2.31. The Balaban J connectivity index is 2.70. The molecule has 0 spiro atoms. The SMILES string of the molecule is CCOc1cccc(CNCCOC)c1OCCSC. The number of ether oxygens (including phenoxy) is 3. The zero-order chi connectivity index (χ0) is 14.6. The third kappa shape index (κ3) is 6.03. The van der Waals surface area contributed by atoms with Crippen LogP contribution in [0.3, 0.4) is 0 Å². The number of para-hydroxylation sites is 1. The van der Waals surface area contributed by atoms with Gasteiger partial charge in [-0.15, -0.1) is 0 Å². The number of nitrogens with one attached hydrogen (secondary N) is 1. The van der Waals surface area contributed by atoms with Crippen molar-refractivity contribution < 1.29 is 14.2 Å². The van der Waals surface area contributed by atoms with Gasteiger partial charge in [-0.25, -0.2) is 0 Å². The van der Waals surface area contributed by atoms with Crippen LogP contribution >= 0.6 is 11.8 Å². The quantitative estimate of drug-likeness (QED) is 0.636. The molecule has 1 aromatic carbocycles. The number of hydrogen-bond donors (Lipinski definition) is 1. The Morgan fingerprint density at radius 2 is 2.05 bits per heavy atom. The van der Waals surface area contributed by atoms with Gasteiger partial charge in [-0.2, -0.15) is 11.8 Å². The van der Waals surface area contributed by atoms with Gasteiger partial charge in [0.1, 0.15) is 0 Å². The highest BCUT2D eigenvalue weighted by atomic mass is 32.2. The summed E-state index contributed by atoms with van der Waals surface area (Å²) < 4.78 is 16.6. The highest BCUT2D eigenvalue weighted by Gasteiger charge is 2.10. The molecule has 0 aliphatic heterocycles. The van der Waals surface area contributed by atoms with Crippen molar-refractivity contribution >= 4 is 11.8 Å². The molecule has 0 unspecified atom stereocenters. The minimum Gasteiger partial charge on any atom is -0.490 e. The number of benzene rings is 1. The summed E-state index contributed by atoms with van der Waals surface area (Å²) in [5, 5.41) is 3.34. The van der Waals surface area contributed by atoms with Crippen LogP contribution in [0.5, 0.6) is 11.5 Å². The first kappa shape index (κ1) is 17.1. The van der Waals surface area contributed by atoms with E-state index >= 15 is 0 Å². The molecule has 1 rings (SSSR count). The molecule has 0 saturated heterocycles. The van der Waals surface area contributed by atoms with Crippen LogP contribution in [0.4, 0.5) is 0 Å². The third-order valence-corrected chi connectivity index (χ3v) is 3.27. The number of hydrogen-bond acceptors (Lipinski definition) is 5. The Morgan fingerprint density at radius 1 is 1.20 bits per heavy atom. The van der Waals surface area contributed by atoms with Crippen molar-refractivity contribution in [2.24, 2.45) is 0 Å². The smallest absolute Gasteiger partial charge is 0.165 e. The van der Waals surface area contributed by atoms with Crippen molar-refractivity contribution in [1.82, 2.24) is 5.32 Å². The van der Waals surface area contributed by atoms with Gasteiger partial charge in [-0.1, -0.05) is 12.1 Å². The molecule has 0 amide bonds. The van der Waals surface area contributed by atoms with E-state index in [2.05, 4.69) is 17.6 Å². The lowest BCUT2D eigenvalue weighted by molar-refractivity contribution is 0.199. The lowest BCUT2D eigenvalue weighted by Crippen LogP contribution is -2.19. The molecule has 5 heteroatoms. The second kappa shape index (κ2) is 10.8. The molecule has 0 bridgehead atoms. The second-order valence-corrected chi connectivity index (χ2v) is 5.17. The van der Waals surface area contributed by atoms with E-state index in [1.807, 2.05) is 19.1 Å². The number of thioether (sulfide) groups is 1. The molecule has 0 aromatic heterocycles. The Bertz CT molecular complexity index is 374. The van der Waals surface area contributed by atoms with Gasteiger partial charge in [0, 0.05) is 31.5 Å². The van der Waals surface area contributed by atoms with Gasteiger partial charge in [0.25, 0.3) is 0 Å². The molecule has 4 nitrogen and oxygen atoms in total. The fourth-order valence-corrected chi connectivity index (χ4v) is 2.01. The van der Waals surface area contributed by atoms with E-state index in [-0.39, 0.29) is 0 Å². The van der Waals surface area contributed by atoms with Crippen molar-refractivity contribution in [3.8, 4) is 11.5 Å². The normalized spacial score (nSPS) is 10.6. The molecule has 0 aliphatic carbocycles. The topological polar surface area (TPSA) is 39.7 Å². The van der Waals surface area contributed by atoms with Gasteiger partial charge in [-0.05, 0) is 19.2 Å². The van der Waals surface area contributed by atoms with Gasteiger partial charge in [0.2, 0.25) is 0 Å². The fraction of sp³-hybridized carbons (Fsp3) is 0.600. The van der Waals surface area contributed by atoms with Crippen LogP contribution in [0.15, 0.2) is 18.2 Å². The monoisotopic (exact) mass is 299 g/mol. The molecule has 0 radical (unpaired) electrons. The summed E-state index contributed by atoms with van der Waals surface area (Å²) >= 11 is 1.77. The van der Waals surface area contributed by atoms with E-state index in [0.717, 1.165) is 35.9 Å². The van der Waals surface area contributed by atoms with E-state index in [4.69, 9.17) is 14.2 Å². The predicted molar refractivity (Wildman–Crippen MR) is 85.1 cm³/mol. The standard InChI is InChI=1S/C15H25NO3S/c1-4-18-14-7-5-6-13(12-16-8-9-17-2)15(14)19-10-11-20-3/h5-7,16H,4,8-12H2,1-3H3. The lowest BCUT2D eigenvalue weighted by Gasteiger charge is -2.16. The first-order valence-corrected chi connectivity index (χ1v) is 8.29. The fourth-order valence-electron chi connectivity index (χ4n) is 1.76. The maximum Gasteiger partial charge on any atom is 0.165 e. The molecule has 1 aromatic rings. The Kier molecular flexibility index (Phi) is 9.28. The van der Waals surface area contributed by atoms with E-state index in [1.54, 1.807) is 18.9 Å². The maximum absolute atomic E-state index is 5.90. The van der Waals surface area contributed by atoms with Crippen LogP contribution in [0, 0.1) is 0 Å². The summed E-state index contributed by atoms with van der Waals surface area (Å²) in [5.41, 5.74) is 1.12. The summed E-state index contributed by atoms with van der Waals surface area (Å²) in [4.78, 5) is 0. The molecule has 0 aliphatic rings. The van der Waals surface area contributed by atoms with E-state index in [9.17, 15) is 0 Å². The average Bonchev–Trinajstić information content (AvgIpc) is 2.46. The molecular formula is C15H25NO3S. The van der Waals surface area contributed by atoms with Crippen LogP contribution in [-0.4, -0.2) is 45.5 Å². The van der Waals surface area contributed by atoms with Crippen LogP contribution in [0.1, 0.15) is 12.5 Å². The average molecular weight is 299 g/mol. The molecule has 114 valence electrons. The van der Waals surface area contributed by atoms with E-state index in [0.29, 0.717) is 19.8 Å². The van der Waals surface area contributed by atoms with Gasteiger partial charge >= 0.3 is 0 Å². The third-order valence-electron chi connectivity index (χ3n) is 2.69. The maximum atomic E-state index is 5.90. The summed E-state index contributed by atoms with van der Waals surface area (Å²) in [7, 11) is 1.70. The Hall–Kier alpha value is -0.910. The summed E-state index contributed by atoms with van der Waals surface area (Å²) in [6.07, 6.45) is 2.07. The van der Waals surface area contributed by atoms with Crippen molar-refractivity contribution in [2.75, 3.05) is 45.5 Å². The first-order valence-electron chi connectivity index (χ1n) is 6.89. The number of methoxy groups -OCH3 is 1. The Morgan fingerprint density at radius 3 is 2.75 bits per heavy atom. The molecular weight excluding hydrogens is 274 g/mol. The van der Waals surface area contributed by atoms with Crippen molar-refractivity contribution in [3.05, 3.63) is 23.8 Å². The lowest BCUT2D eigenvalue weighted by atomic mass is 10.2. The molecule has 0 atom stereocenters. The van der Waals surface area contributed by atoms with E-state index < -0.39 is 0 Å². The first-order chi connectivity index (χ1) is 9.83. The molecule has 0 heterocycles. The van der Waals surface area contributed by atoms with Crippen molar-refractivity contribution in [1.29, 1.82) is 0 Å². The van der Waals surface area contributed by atoms with E-state index in [1.165, 1.54) is 0 Å². The van der Waals surface area contributed by atoms with Gasteiger partial charge in [-0.3, -0.25) is 0 Å². The van der Waals surface area contributed by atoms with Gasteiger partial charge in [0.05, 0.1) is 19.8 Å². The largest absolute Gasteiger partial charge is 0.490 e.